The number of rotatable bonds is 6. The van der Waals surface area contributed by atoms with Crippen molar-refractivity contribution < 1.29 is 23.9 Å². The first-order valence-corrected chi connectivity index (χ1v) is 8.78. The van der Waals surface area contributed by atoms with E-state index in [0.29, 0.717) is 19.4 Å². The lowest BCUT2D eigenvalue weighted by Crippen LogP contribution is -2.47. The van der Waals surface area contributed by atoms with E-state index in [4.69, 9.17) is 5.11 Å². The summed E-state index contributed by atoms with van der Waals surface area (Å²) in [5.74, 6) is -2.39. The van der Waals surface area contributed by atoms with Gasteiger partial charge < -0.3 is 14.9 Å². The molecule has 0 aliphatic carbocycles. The predicted molar refractivity (Wildman–Crippen MR) is 94.0 cm³/mol. The van der Waals surface area contributed by atoms with Crippen LogP contribution in [0, 0.1) is 11.7 Å². The van der Waals surface area contributed by atoms with Gasteiger partial charge in [0.15, 0.2) is 0 Å². The second kappa shape index (κ2) is 8.78. The van der Waals surface area contributed by atoms with Gasteiger partial charge in [0.2, 0.25) is 11.8 Å². The Balaban J connectivity index is 1.88. The molecule has 2 amide bonds. The van der Waals surface area contributed by atoms with Gasteiger partial charge in [-0.15, -0.1) is 0 Å². The highest BCUT2D eigenvalue weighted by Crippen LogP contribution is 2.21. The van der Waals surface area contributed by atoms with E-state index < -0.39 is 11.9 Å². The van der Waals surface area contributed by atoms with E-state index in [1.807, 2.05) is 6.92 Å². The fourth-order valence-corrected chi connectivity index (χ4v) is 3.15. The van der Waals surface area contributed by atoms with Crippen LogP contribution in [0.15, 0.2) is 24.3 Å². The third-order valence-electron chi connectivity index (χ3n) is 4.82. The minimum Gasteiger partial charge on any atom is -0.481 e. The zero-order chi connectivity index (χ0) is 19.3. The molecule has 2 rings (SSSR count). The third kappa shape index (κ3) is 5.28. The Labute approximate surface area is 152 Å². The molecule has 0 radical (unpaired) electrons. The summed E-state index contributed by atoms with van der Waals surface area (Å²) in [4.78, 5) is 38.7. The maximum Gasteiger partial charge on any atom is 0.308 e. The van der Waals surface area contributed by atoms with Crippen LogP contribution in [0.4, 0.5) is 4.39 Å². The number of hydrogen-bond acceptors (Lipinski definition) is 3. The number of hydrogen-bond donors (Lipinski definition) is 1. The molecule has 0 spiro atoms. The molecule has 142 valence electrons. The van der Waals surface area contributed by atoms with Gasteiger partial charge in [-0.05, 0) is 36.5 Å². The molecule has 2 unspecified atom stereocenters. The number of carboxylic acids is 1. The van der Waals surface area contributed by atoms with Crippen LogP contribution in [-0.2, 0) is 14.4 Å². The first kappa shape index (κ1) is 19.9. The summed E-state index contributed by atoms with van der Waals surface area (Å²) >= 11 is 0. The Hall–Kier alpha value is -2.44. The number of halogens is 1. The van der Waals surface area contributed by atoms with Crippen molar-refractivity contribution in [2.75, 3.05) is 26.7 Å². The fraction of sp³-hybridized carbons (Fsp3) is 0.526. The number of likely N-dealkylation sites (tertiary alicyclic amines) is 1. The molecular weight excluding hydrogens is 339 g/mol. The number of benzene rings is 1. The number of carboxylic acid groups (broad SMARTS) is 1. The van der Waals surface area contributed by atoms with Crippen LogP contribution in [0.5, 0.6) is 0 Å². The molecule has 0 aromatic heterocycles. The van der Waals surface area contributed by atoms with Gasteiger partial charge in [-0.25, -0.2) is 4.39 Å². The molecule has 1 aromatic rings. The summed E-state index contributed by atoms with van der Waals surface area (Å²) in [5, 5.41) is 9.11. The van der Waals surface area contributed by atoms with E-state index in [1.54, 1.807) is 19.2 Å². The smallest absolute Gasteiger partial charge is 0.308 e. The Morgan fingerprint density at radius 3 is 2.77 bits per heavy atom. The number of carbonyl (C=O) groups is 3. The van der Waals surface area contributed by atoms with Crippen molar-refractivity contribution in [1.82, 2.24) is 9.80 Å². The number of nitrogens with zero attached hydrogens (tertiary/aromatic N) is 2. The Morgan fingerprint density at radius 1 is 1.38 bits per heavy atom. The Morgan fingerprint density at radius 2 is 2.12 bits per heavy atom. The van der Waals surface area contributed by atoms with Gasteiger partial charge >= 0.3 is 5.97 Å². The van der Waals surface area contributed by atoms with Gasteiger partial charge in [0, 0.05) is 26.6 Å². The molecule has 1 aliphatic heterocycles. The molecule has 7 heteroatoms. The number of amides is 2. The first-order valence-electron chi connectivity index (χ1n) is 8.78. The van der Waals surface area contributed by atoms with Gasteiger partial charge in [-0.2, -0.15) is 0 Å². The monoisotopic (exact) mass is 364 g/mol. The quantitative estimate of drug-likeness (QED) is 0.839. The average molecular weight is 364 g/mol. The molecule has 1 heterocycles. The number of carbonyl (C=O) groups excluding carboxylic acids is 2. The molecule has 1 aliphatic rings. The van der Waals surface area contributed by atoms with Crippen molar-refractivity contribution >= 4 is 17.8 Å². The van der Waals surface area contributed by atoms with Crippen LogP contribution >= 0.6 is 0 Å². The minimum atomic E-state index is -0.893. The molecule has 1 N–H and O–H groups in total. The molecular formula is C19H25FN2O4. The SMILES string of the molecule is CC(CC(=O)N(C)CC(=O)N1CCCC(C(=O)O)C1)c1cccc(F)c1. The van der Waals surface area contributed by atoms with E-state index in [-0.39, 0.29) is 43.1 Å². The summed E-state index contributed by atoms with van der Waals surface area (Å²) in [6.07, 6.45) is 1.39. The number of piperidine rings is 1. The minimum absolute atomic E-state index is 0.0823. The van der Waals surface area contributed by atoms with Crippen LogP contribution < -0.4 is 0 Å². The van der Waals surface area contributed by atoms with E-state index in [0.717, 1.165) is 5.56 Å². The lowest BCUT2D eigenvalue weighted by atomic mass is 9.97. The van der Waals surface area contributed by atoms with Crippen LogP contribution in [0.1, 0.15) is 37.7 Å². The van der Waals surface area contributed by atoms with Crippen molar-refractivity contribution in [2.24, 2.45) is 5.92 Å². The molecule has 1 fully saturated rings. The van der Waals surface area contributed by atoms with Gasteiger partial charge in [0.25, 0.3) is 0 Å². The maximum absolute atomic E-state index is 13.3. The van der Waals surface area contributed by atoms with E-state index >= 15 is 0 Å². The molecule has 2 atom stereocenters. The summed E-state index contributed by atoms with van der Waals surface area (Å²) in [6.45, 7) is 2.46. The maximum atomic E-state index is 13.3. The third-order valence-corrected chi connectivity index (χ3v) is 4.82. The van der Waals surface area contributed by atoms with Crippen molar-refractivity contribution in [3.8, 4) is 0 Å². The molecule has 26 heavy (non-hydrogen) atoms. The Kier molecular flexibility index (Phi) is 6.71. The van der Waals surface area contributed by atoms with Gasteiger partial charge in [-0.3, -0.25) is 14.4 Å². The fourth-order valence-electron chi connectivity index (χ4n) is 3.15. The van der Waals surface area contributed by atoms with Gasteiger partial charge in [-0.1, -0.05) is 19.1 Å². The van der Waals surface area contributed by atoms with Crippen molar-refractivity contribution in [3.05, 3.63) is 35.6 Å². The van der Waals surface area contributed by atoms with Crippen LogP contribution in [-0.4, -0.2) is 59.4 Å². The zero-order valence-electron chi connectivity index (χ0n) is 15.2. The summed E-state index contributed by atoms with van der Waals surface area (Å²) < 4.78 is 13.3. The first-order chi connectivity index (χ1) is 12.3. The second-order valence-electron chi connectivity index (χ2n) is 6.93. The van der Waals surface area contributed by atoms with Crippen LogP contribution in [0.2, 0.25) is 0 Å². The van der Waals surface area contributed by atoms with Gasteiger partial charge in [0.05, 0.1) is 12.5 Å². The lowest BCUT2D eigenvalue weighted by molar-refractivity contribution is -0.147. The highest BCUT2D eigenvalue weighted by atomic mass is 19.1. The topological polar surface area (TPSA) is 77.9 Å². The van der Waals surface area contributed by atoms with Crippen molar-refractivity contribution in [1.29, 1.82) is 0 Å². The number of aliphatic carboxylic acids is 1. The normalized spacial score (nSPS) is 18.3. The molecule has 1 saturated heterocycles. The van der Waals surface area contributed by atoms with Crippen LogP contribution in [0.25, 0.3) is 0 Å². The van der Waals surface area contributed by atoms with E-state index in [1.165, 1.54) is 21.9 Å². The average Bonchev–Trinajstić information content (AvgIpc) is 2.61. The number of likely N-dealkylation sites (N-methyl/N-ethyl adjacent to an activating group) is 1. The summed E-state index contributed by atoms with van der Waals surface area (Å²) in [6, 6.07) is 6.13. The molecule has 6 nitrogen and oxygen atoms in total. The summed E-state index contributed by atoms with van der Waals surface area (Å²) in [7, 11) is 1.55. The molecule has 0 bridgehead atoms. The molecule has 0 saturated carbocycles. The van der Waals surface area contributed by atoms with Crippen LogP contribution in [0.3, 0.4) is 0 Å². The highest BCUT2D eigenvalue weighted by Gasteiger charge is 2.29. The van der Waals surface area contributed by atoms with Gasteiger partial charge in [0.1, 0.15) is 5.82 Å². The van der Waals surface area contributed by atoms with Crippen molar-refractivity contribution in [3.63, 3.8) is 0 Å². The highest BCUT2D eigenvalue weighted by molar-refractivity contribution is 5.85. The van der Waals surface area contributed by atoms with E-state index in [2.05, 4.69) is 0 Å². The van der Waals surface area contributed by atoms with E-state index in [9.17, 15) is 18.8 Å². The predicted octanol–water partition coefficient (Wildman–Crippen LogP) is 2.10. The summed E-state index contributed by atoms with van der Waals surface area (Å²) in [5.41, 5.74) is 0.735. The lowest BCUT2D eigenvalue weighted by Gasteiger charge is -2.32. The largest absolute Gasteiger partial charge is 0.481 e. The second-order valence-corrected chi connectivity index (χ2v) is 6.93. The Bertz CT molecular complexity index is 679. The molecule has 1 aromatic carbocycles. The van der Waals surface area contributed by atoms with Crippen molar-refractivity contribution in [2.45, 2.75) is 32.1 Å². The zero-order valence-corrected chi connectivity index (χ0v) is 15.2. The standard InChI is InChI=1S/C19H25FN2O4/c1-13(14-5-3-7-16(20)10-14)9-17(23)21(2)12-18(24)22-8-4-6-15(11-22)19(25)26/h3,5,7,10,13,15H,4,6,8-9,11-12H2,1-2H3,(H,25,26).